The second kappa shape index (κ2) is 7.74. The van der Waals surface area contributed by atoms with Crippen LogP contribution in [0.3, 0.4) is 0 Å². The normalized spacial score (nSPS) is 11.7. The number of nitrogens with one attached hydrogen (secondary N) is 1. The van der Waals surface area contributed by atoms with Crippen molar-refractivity contribution < 1.29 is 0 Å². The summed E-state index contributed by atoms with van der Waals surface area (Å²) in [5.74, 6) is 2.57. The topological polar surface area (TPSA) is 72.9 Å². The molecule has 0 spiro atoms. The van der Waals surface area contributed by atoms with Gasteiger partial charge < -0.3 is 9.88 Å². The third-order valence-corrected chi connectivity index (χ3v) is 5.44. The number of para-hydroxylation sites is 3. The van der Waals surface area contributed by atoms with Gasteiger partial charge in [-0.25, -0.2) is 15.0 Å². The van der Waals surface area contributed by atoms with Crippen LogP contribution >= 0.6 is 0 Å². The Morgan fingerprint density at radius 3 is 2.60 bits per heavy atom. The number of aryl methyl sites for hydroxylation is 3. The Kier molecular flexibility index (Phi) is 4.78. The smallest absolute Gasteiger partial charge is 0.226 e. The van der Waals surface area contributed by atoms with Crippen molar-refractivity contribution in [2.45, 2.75) is 39.7 Å². The molecular formula is C23H25N7. The van der Waals surface area contributed by atoms with Crippen LogP contribution in [0.4, 0.5) is 5.95 Å². The summed E-state index contributed by atoms with van der Waals surface area (Å²) in [7, 11) is 0. The molecule has 7 heteroatoms. The first-order valence-corrected chi connectivity index (χ1v) is 10.5. The number of hydrogen-bond acceptors (Lipinski definition) is 5. The van der Waals surface area contributed by atoms with Crippen molar-refractivity contribution in [3.8, 4) is 0 Å². The van der Waals surface area contributed by atoms with Crippen LogP contribution in [0.15, 0.2) is 48.5 Å². The molecule has 30 heavy (non-hydrogen) atoms. The van der Waals surface area contributed by atoms with E-state index < -0.39 is 0 Å². The minimum absolute atomic E-state index is 0.728. The number of nitrogens with zero attached hydrogens (tertiary/aromatic N) is 6. The average molecular weight is 400 g/mol. The number of rotatable bonds is 7. The highest BCUT2D eigenvalue weighted by atomic mass is 15.4. The number of aromatic nitrogens is 6. The summed E-state index contributed by atoms with van der Waals surface area (Å²) in [6.45, 7) is 5.88. The summed E-state index contributed by atoms with van der Waals surface area (Å²) >= 11 is 0. The van der Waals surface area contributed by atoms with Crippen molar-refractivity contribution in [3.05, 3.63) is 60.2 Å². The van der Waals surface area contributed by atoms with Crippen molar-refractivity contribution in [1.29, 1.82) is 0 Å². The Balaban J connectivity index is 1.51. The Labute approximate surface area is 174 Å². The summed E-state index contributed by atoms with van der Waals surface area (Å²) in [6, 6.07) is 16.3. The van der Waals surface area contributed by atoms with Crippen molar-refractivity contribution >= 4 is 33.5 Å². The van der Waals surface area contributed by atoms with E-state index in [1.165, 1.54) is 0 Å². The molecular weight excluding hydrogens is 374 g/mol. The highest BCUT2D eigenvalue weighted by Gasteiger charge is 2.14. The van der Waals surface area contributed by atoms with Crippen molar-refractivity contribution in [2.24, 2.45) is 0 Å². The zero-order chi connectivity index (χ0) is 20.5. The van der Waals surface area contributed by atoms with Gasteiger partial charge >= 0.3 is 0 Å². The van der Waals surface area contributed by atoms with Gasteiger partial charge in [-0.3, -0.25) is 0 Å². The standard InChI is InChI=1S/C23H25N7/c1-3-4-14-24-23-26-18-10-6-5-9-17(18)22-27-21(28-30(22)23)13-15-29-16(2)25-19-11-7-8-12-20(19)29/h5-12H,3-4,13-15H2,1-2H3,(H,24,26). The molecule has 152 valence electrons. The number of unbranched alkanes of at least 4 members (excludes halogenated alkanes) is 1. The summed E-state index contributed by atoms with van der Waals surface area (Å²) in [5, 5.41) is 9.24. The van der Waals surface area contributed by atoms with Gasteiger partial charge in [0.2, 0.25) is 5.95 Å². The molecule has 5 rings (SSSR count). The molecule has 5 aromatic rings. The van der Waals surface area contributed by atoms with E-state index in [1.54, 1.807) is 0 Å². The molecule has 2 aromatic carbocycles. The van der Waals surface area contributed by atoms with E-state index >= 15 is 0 Å². The van der Waals surface area contributed by atoms with E-state index in [1.807, 2.05) is 41.8 Å². The van der Waals surface area contributed by atoms with Gasteiger partial charge in [0.25, 0.3) is 0 Å². The molecule has 0 amide bonds. The highest BCUT2D eigenvalue weighted by Crippen LogP contribution is 2.21. The molecule has 3 heterocycles. The van der Waals surface area contributed by atoms with Crippen LogP contribution in [0.5, 0.6) is 0 Å². The van der Waals surface area contributed by atoms with E-state index in [0.29, 0.717) is 0 Å². The summed E-state index contributed by atoms with van der Waals surface area (Å²) < 4.78 is 4.09. The van der Waals surface area contributed by atoms with Gasteiger partial charge in [-0.1, -0.05) is 37.6 Å². The highest BCUT2D eigenvalue weighted by molar-refractivity contribution is 5.92. The molecule has 0 aliphatic carbocycles. The van der Waals surface area contributed by atoms with Crippen LogP contribution in [-0.4, -0.2) is 35.7 Å². The molecule has 7 nitrogen and oxygen atoms in total. The van der Waals surface area contributed by atoms with Crippen LogP contribution in [0.2, 0.25) is 0 Å². The fourth-order valence-corrected chi connectivity index (χ4v) is 3.89. The van der Waals surface area contributed by atoms with E-state index in [2.05, 4.69) is 40.0 Å². The van der Waals surface area contributed by atoms with Gasteiger partial charge in [-0.2, -0.15) is 4.52 Å². The predicted molar refractivity (Wildman–Crippen MR) is 120 cm³/mol. The molecule has 0 aliphatic rings. The number of fused-ring (bicyclic) bond motifs is 4. The predicted octanol–water partition coefficient (Wildman–Crippen LogP) is 4.39. The van der Waals surface area contributed by atoms with E-state index in [9.17, 15) is 0 Å². The van der Waals surface area contributed by atoms with Gasteiger partial charge in [0.15, 0.2) is 11.5 Å². The third kappa shape index (κ3) is 3.26. The van der Waals surface area contributed by atoms with Crippen molar-refractivity contribution in [3.63, 3.8) is 0 Å². The Bertz CT molecular complexity index is 1330. The zero-order valence-corrected chi connectivity index (χ0v) is 17.3. The zero-order valence-electron chi connectivity index (χ0n) is 17.3. The molecule has 0 saturated carbocycles. The number of anilines is 1. The largest absolute Gasteiger partial charge is 0.354 e. The number of hydrogen-bond donors (Lipinski definition) is 1. The summed E-state index contributed by atoms with van der Waals surface area (Å²) in [6.07, 6.45) is 2.95. The van der Waals surface area contributed by atoms with Crippen molar-refractivity contribution in [1.82, 2.24) is 29.1 Å². The maximum absolute atomic E-state index is 4.88. The Morgan fingerprint density at radius 2 is 1.73 bits per heavy atom. The fourth-order valence-electron chi connectivity index (χ4n) is 3.89. The lowest BCUT2D eigenvalue weighted by Gasteiger charge is -2.08. The lowest BCUT2D eigenvalue weighted by atomic mass is 10.2. The van der Waals surface area contributed by atoms with Crippen LogP contribution in [0.25, 0.3) is 27.6 Å². The SMILES string of the molecule is CCCCNc1nc2ccccc2c2nc(CCn3c(C)nc4ccccc43)nn12. The maximum Gasteiger partial charge on any atom is 0.226 e. The second-order valence-electron chi connectivity index (χ2n) is 7.55. The average Bonchev–Trinajstić information content (AvgIpc) is 3.33. The van der Waals surface area contributed by atoms with E-state index in [4.69, 9.17) is 15.1 Å². The van der Waals surface area contributed by atoms with Crippen LogP contribution in [-0.2, 0) is 13.0 Å². The molecule has 0 fully saturated rings. The first kappa shape index (κ1) is 18.5. The van der Waals surface area contributed by atoms with E-state index in [-0.39, 0.29) is 0 Å². The Morgan fingerprint density at radius 1 is 0.933 bits per heavy atom. The first-order chi connectivity index (χ1) is 14.7. The Hall–Kier alpha value is -3.48. The molecule has 3 aromatic heterocycles. The minimum atomic E-state index is 0.728. The van der Waals surface area contributed by atoms with Crippen molar-refractivity contribution in [2.75, 3.05) is 11.9 Å². The quantitative estimate of drug-likeness (QED) is 0.411. The molecule has 0 bridgehead atoms. The number of benzene rings is 2. The van der Waals surface area contributed by atoms with Gasteiger partial charge in [-0.05, 0) is 37.6 Å². The molecule has 0 aliphatic heterocycles. The summed E-state index contributed by atoms with van der Waals surface area (Å²) in [5.41, 5.74) is 3.95. The summed E-state index contributed by atoms with van der Waals surface area (Å²) in [4.78, 5) is 14.3. The van der Waals surface area contributed by atoms with Gasteiger partial charge in [0, 0.05) is 24.9 Å². The third-order valence-electron chi connectivity index (χ3n) is 5.44. The van der Waals surface area contributed by atoms with E-state index in [0.717, 1.165) is 77.5 Å². The maximum atomic E-state index is 4.88. The fraction of sp³-hybridized carbons (Fsp3) is 0.304. The van der Waals surface area contributed by atoms with Crippen LogP contribution in [0.1, 0.15) is 31.4 Å². The molecule has 0 atom stereocenters. The minimum Gasteiger partial charge on any atom is -0.354 e. The van der Waals surface area contributed by atoms with Gasteiger partial charge in [0.1, 0.15) is 5.82 Å². The van der Waals surface area contributed by atoms with Gasteiger partial charge in [0.05, 0.1) is 16.6 Å². The molecule has 1 N–H and O–H groups in total. The first-order valence-electron chi connectivity index (χ1n) is 10.5. The number of imidazole rings is 1. The lowest BCUT2D eigenvalue weighted by Crippen LogP contribution is -2.09. The monoisotopic (exact) mass is 399 g/mol. The second-order valence-corrected chi connectivity index (χ2v) is 7.55. The lowest BCUT2D eigenvalue weighted by molar-refractivity contribution is 0.667. The molecule has 0 saturated heterocycles. The molecule has 0 radical (unpaired) electrons. The van der Waals surface area contributed by atoms with Crippen LogP contribution in [0, 0.1) is 6.92 Å². The molecule has 0 unspecified atom stereocenters. The van der Waals surface area contributed by atoms with Gasteiger partial charge in [-0.15, -0.1) is 5.10 Å². The van der Waals surface area contributed by atoms with Crippen LogP contribution < -0.4 is 5.32 Å².